The first-order valence-electron chi connectivity index (χ1n) is 11.0. The molecule has 1 unspecified atom stereocenters. The van der Waals surface area contributed by atoms with E-state index in [9.17, 15) is 4.79 Å². The van der Waals surface area contributed by atoms with Crippen LogP contribution in [0.25, 0.3) is 0 Å². The number of hydrogen-bond donors (Lipinski definition) is 1. The summed E-state index contributed by atoms with van der Waals surface area (Å²) in [5.41, 5.74) is 3.13. The fourth-order valence-corrected chi connectivity index (χ4v) is 4.25. The number of carbonyl (C=O) groups is 1. The number of nitrogens with zero attached hydrogens (tertiary/aromatic N) is 2. The summed E-state index contributed by atoms with van der Waals surface area (Å²) in [6, 6.07) is 26.1. The van der Waals surface area contributed by atoms with Gasteiger partial charge in [-0.2, -0.15) is 0 Å². The molecule has 5 nitrogen and oxygen atoms in total. The predicted molar refractivity (Wildman–Crippen MR) is 130 cm³/mol. The van der Waals surface area contributed by atoms with Gasteiger partial charge in [0.25, 0.3) is 0 Å². The van der Waals surface area contributed by atoms with Gasteiger partial charge in [-0.05, 0) is 42.3 Å². The van der Waals surface area contributed by atoms with Gasteiger partial charge in [-0.25, -0.2) is 4.79 Å². The summed E-state index contributed by atoms with van der Waals surface area (Å²) < 4.78 is 5.63. The second-order valence-electron chi connectivity index (χ2n) is 7.75. The molecule has 6 heteroatoms. The van der Waals surface area contributed by atoms with Gasteiger partial charge in [0.1, 0.15) is 5.75 Å². The molecule has 0 aromatic heterocycles. The van der Waals surface area contributed by atoms with Crippen molar-refractivity contribution in [1.82, 2.24) is 9.80 Å². The van der Waals surface area contributed by atoms with E-state index in [0.29, 0.717) is 31.1 Å². The number of nitrogens with one attached hydrogen (secondary N) is 1. The van der Waals surface area contributed by atoms with Crippen molar-refractivity contribution in [1.29, 1.82) is 0 Å². The lowest BCUT2D eigenvalue weighted by Crippen LogP contribution is -2.51. The lowest BCUT2D eigenvalue weighted by Gasteiger charge is -2.39. The minimum atomic E-state index is -0.0976. The van der Waals surface area contributed by atoms with Crippen LogP contribution in [-0.2, 0) is 0 Å². The summed E-state index contributed by atoms with van der Waals surface area (Å²) >= 11 is 6.13. The Hall–Kier alpha value is -3.02. The van der Waals surface area contributed by atoms with Crippen LogP contribution in [0.5, 0.6) is 5.75 Å². The van der Waals surface area contributed by atoms with Crippen LogP contribution < -0.4 is 10.1 Å². The van der Waals surface area contributed by atoms with E-state index >= 15 is 0 Å². The molecule has 32 heavy (non-hydrogen) atoms. The van der Waals surface area contributed by atoms with E-state index in [4.69, 9.17) is 16.3 Å². The molecule has 0 saturated carbocycles. The molecular formula is C26H28ClN3O2. The van der Waals surface area contributed by atoms with Crippen LogP contribution in [0.15, 0.2) is 78.9 Å². The van der Waals surface area contributed by atoms with E-state index in [1.165, 1.54) is 11.1 Å². The molecule has 1 aliphatic heterocycles. The zero-order valence-corrected chi connectivity index (χ0v) is 19.0. The fraction of sp³-hybridized carbons (Fsp3) is 0.269. The lowest BCUT2D eigenvalue weighted by atomic mass is 9.96. The highest BCUT2D eigenvalue weighted by Gasteiger charge is 2.28. The highest BCUT2D eigenvalue weighted by atomic mass is 35.5. The van der Waals surface area contributed by atoms with Crippen molar-refractivity contribution >= 4 is 23.3 Å². The number of anilines is 1. The zero-order valence-electron chi connectivity index (χ0n) is 18.2. The van der Waals surface area contributed by atoms with Gasteiger partial charge < -0.3 is 15.0 Å². The highest BCUT2D eigenvalue weighted by molar-refractivity contribution is 6.30. The van der Waals surface area contributed by atoms with Crippen LogP contribution in [0.2, 0.25) is 5.02 Å². The Kier molecular flexibility index (Phi) is 7.30. The smallest absolute Gasteiger partial charge is 0.322 e. The second kappa shape index (κ2) is 10.5. The number of benzene rings is 3. The molecule has 4 rings (SSSR count). The molecule has 1 N–H and O–H groups in total. The molecule has 0 aliphatic carbocycles. The number of ether oxygens (including phenoxy) is 1. The molecule has 1 heterocycles. The van der Waals surface area contributed by atoms with Crippen LogP contribution in [0.1, 0.15) is 24.1 Å². The summed E-state index contributed by atoms with van der Waals surface area (Å²) in [5.74, 6) is 0.689. The Morgan fingerprint density at radius 3 is 2.22 bits per heavy atom. The summed E-state index contributed by atoms with van der Waals surface area (Å²) in [5, 5.41) is 3.74. The molecular weight excluding hydrogens is 422 g/mol. The first-order chi connectivity index (χ1) is 15.7. The van der Waals surface area contributed by atoms with Crippen molar-refractivity contribution < 1.29 is 9.53 Å². The molecule has 2 amide bonds. The Labute approximate surface area is 194 Å². The Balaban J connectivity index is 1.45. The van der Waals surface area contributed by atoms with Crippen LogP contribution in [0.3, 0.4) is 0 Å². The van der Waals surface area contributed by atoms with E-state index in [1.807, 2.05) is 54.3 Å². The number of carbonyl (C=O) groups excluding carboxylic acids is 1. The molecule has 0 spiro atoms. The topological polar surface area (TPSA) is 44.8 Å². The van der Waals surface area contributed by atoms with Gasteiger partial charge >= 0.3 is 6.03 Å². The van der Waals surface area contributed by atoms with Gasteiger partial charge in [0.2, 0.25) is 0 Å². The number of piperazine rings is 1. The summed E-state index contributed by atoms with van der Waals surface area (Å²) in [6.45, 7) is 5.35. The van der Waals surface area contributed by atoms with E-state index in [2.05, 4.69) is 46.6 Å². The van der Waals surface area contributed by atoms with Crippen molar-refractivity contribution in [3.8, 4) is 5.75 Å². The van der Waals surface area contributed by atoms with Crippen molar-refractivity contribution in [3.05, 3.63) is 95.0 Å². The molecule has 3 aromatic rings. The molecule has 0 radical (unpaired) electrons. The molecule has 1 saturated heterocycles. The largest absolute Gasteiger partial charge is 0.492 e. The maximum Gasteiger partial charge on any atom is 0.322 e. The number of halogens is 1. The first-order valence-corrected chi connectivity index (χ1v) is 11.4. The number of rotatable bonds is 6. The third kappa shape index (κ3) is 5.23. The van der Waals surface area contributed by atoms with Gasteiger partial charge in [-0.1, -0.05) is 66.2 Å². The Bertz CT molecular complexity index is 1020. The molecule has 3 aromatic carbocycles. The van der Waals surface area contributed by atoms with Gasteiger partial charge in [0, 0.05) is 31.2 Å². The maximum absolute atomic E-state index is 12.9. The predicted octanol–water partition coefficient (Wildman–Crippen LogP) is 5.68. The highest BCUT2D eigenvalue weighted by Crippen LogP contribution is 2.31. The number of urea groups is 1. The van der Waals surface area contributed by atoms with Crippen molar-refractivity contribution in [2.45, 2.75) is 13.0 Å². The minimum absolute atomic E-state index is 0.0976. The van der Waals surface area contributed by atoms with E-state index in [0.717, 1.165) is 18.1 Å². The third-order valence-corrected chi connectivity index (χ3v) is 5.95. The van der Waals surface area contributed by atoms with E-state index in [1.54, 1.807) is 0 Å². The molecule has 1 fully saturated rings. The van der Waals surface area contributed by atoms with Crippen molar-refractivity contribution in [2.75, 3.05) is 38.1 Å². The monoisotopic (exact) mass is 449 g/mol. The SMILES string of the molecule is CCOc1ccccc1NC(=O)N1CCN(C(c2ccccc2)c2ccc(Cl)cc2)CC1. The van der Waals surface area contributed by atoms with E-state index in [-0.39, 0.29) is 12.1 Å². The molecule has 1 atom stereocenters. The molecule has 166 valence electrons. The average Bonchev–Trinajstić information content (AvgIpc) is 2.83. The molecule has 0 bridgehead atoms. The zero-order chi connectivity index (χ0) is 22.3. The van der Waals surface area contributed by atoms with E-state index < -0.39 is 0 Å². The van der Waals surface area contributed by atoms with Gasteiger partial charge in [-0.15, -0.1) is 0 Å². The quantitative estimate of drug-likeness (QED) is 0.526. The fourth-order valence-electron chi connectivity index (χ4n) is 4.12. The Morgan fingerprint density at radius 2 is 1.53 bits per heavy atom. The number of hydrogen-bond acceptors (Lipinski definition) is 3. The lowest BCUT2D eigenvalue weighted by molar-refractivity contribution is 0.126. The van der Waals surface area contributed by atoms with Crippen LogP contribution in [0, 0.1) is 0 Å². The normalized spacial score (nSPS) is 15.2. The second-order valence-corrected chi connectivity index (χ2v) is 8.18. The first kappa shape index (κ1) is 22.2. The summed E-state index contributed by atoms with van der Waals surface area (Å²) in [6.07, 6.45) is 0. The number of amides is 2. The van der Waals surface area contributed by atoms with Gasteiger partial charge in [-0.3, -0.25) is 4.90 Å². The van der Waals surface area contributed by atoms with Crippen LogP contribution >= 0.6 is 11.6 Å². The van der Waals surface area contributed by atoms with Gasteiger partial charge in [0.15, 0.2) is 0 Å². The van der Waals surface area contributed by atoms with Crippen LogP contribution in [-0.4, -0.2) is 48.6 Å². The van der Waals surface area contributed by atoms with Crippen molar-refractivity contribution in [2.24, 2.45) is 0 Å². The van der Waals surface area contributed by atoms with Gasteiger partial charge in [0.05, 0.1) is 18.3 Å². The summed E-state index contributed by atoms with van der Waals surface area (Å²) in [7, 11) is 0. The van der Waals surface area contributed by atoms with Crippen molar-refractivity contribution in [3.63, 3.8) is 0 Å². The molecule has 1 aliphatic rings. The minimum Gasteiger partial charge on any atom is -0.492 e. The number of para-hydroxylation sites is 2. The standard InChI is InChI=1S/C26H28ClN3O2/c1-2-32-24-11-7-6-10-23(24)28-26(31)30-18-16-29(17-19-30)25(20-8-4-3-5-9-20)21-12-14-22(27)15-13-21/h3-15,25H,2,16-19H2,1H3,(H,28,31). The summed E-state index contributed by atoms with van der Waals surface area (Å²) in [4.78, 5) is 17.2. The average molecular weight is 450 g/mol. The maximum atomic E-state index is 12.9. The third-order valence-electron chi connectivity index (χ3n) is 5.70. The van der Waals surface area contributed by atoms with Crippen LogP contribution in [0.4, 0.5) is 10.5 Å². The Morgan fingerprint density at radius 1 is 0.906 bits per heavy atom.